The van der Waals surface area contributed by atoms with Gasteiger partial charge in [-0.15, -0.1) is 0 Å². The second-order valence-corrected chi connectivity index (χ2v) is 9.95. The molecule has 2 aliphatic rings. The highest BCUT2D eigenvalue weighted by Gasteiger charge is 2.28. The lowest BCUT2D eigenvalue weighted by molar-refractivity contribution is -0.119. The minimum Gasteiger partial charge on any atom is -0.379 e. The first-order valence-corrected chi connectivity index (χ1v) is 12.4. The number of fused-ring (bicyclic) bond motifs is 1. The molecule has 0 bridgehead atoms. The van der Waals surface area contributed by atoms with Crippen LogP contribution in [0.3, 0.4) is 0 Å². The lowest BCUT2D eigenvalue weighted by Crippen LogP contribution is -2.40. The molecular formula is C23H28N4O5S. The number of carbonyl (C=O) groups excluding carboxylic acids is 2. The Bertz CT molecular complexity index is 1100. The second kappa shape index (κ2) is 10.3. The maximum Gasteiger partial charge on any atom is 0.321 e. The van der Waals surface area contributed by atoms with Gasteiger partial charge in [0, 0.05) is 44.8 Å². The Morgan fingerprint density at radius 1 is 1.00 bits per heavy atom. The van der Waals surface area contributed by atoms with Crippen LogP contribution in [-0.2, 0) is 32.5 Å². The lowest BCUT2D eigenvalue weighted by Gasteiger charge is -2.26. The quantitative estimate of drug-likeness (QED) is 0.632. The van der Waals surface area contributed by atoms with E-state index < -0.39 is 16.1 Å². The van der Waals surface area contributed by atoms with Crippen LogP contribution in [0.15, 0.2) is 53.4 Å². The molecular weight excluding hydrogens is 444 g/mol. The summed E-state index contributed by atoms with van der Waals surface area (Å²) in [5, 5.41) is 5.02. The van der Waals surface area contributed by atoms with Crippen LogP contribution < -0.4 is 15.5 Å². The number of amides is 3. The monoisotopic (exact) mass is 472 g/mol. The zero-order chi connectivity index (χ0) is 23.3. The largest absolute Gasteiger partial charge is 0.379 e. The molecule has 0 saturated carbocycles. The van der Waals surface area contributed by atoms with Gasteiger partial charge in [0.15, 0.2) is 0 Å². The van der Waals surface area contributed by atoms with E-state index in [1.165, 1.54) is 4.31 Å². The van der Waals surface area contributed by atoms with Crippen molar-refractivity contribution in [3.63, 3.8) is 0 Å². The number of hydrogen-bond donors (Lipinski definition) is 2. The highest BCUT2D eigenvalue weighted by atomic mass is 32.2. The van der Waals surface area contributed by atoms with Gasteiger partial charge in [0.1, 0.15) is 0 Å². The first-order chi connectivity index (χ1) is 15.9. The number of nitrogens with zero attached hydrogens (tertiary/aromatic N) is 2. The number of rotatable bonds is 7. The Kier molecular flexibility index (Phi) is 7.26. The van der Waals surface area contributed by atoms with E-state index in [0.29, 0.717) is 52.4 Å². The summed E-state index contributed by atoms with van der Waals surface area (Å²) in [6.07, 6.45) is 0.868. The molecule has 0 radical (unpaired) electrons. The third kappa shape index (κ3) is 5.70. The van der Waals surface area contributed by atoms with E-state index in [2.05, 4.69) is 10.6 Å². The van der Waals surface area contributed by atoms with Gasteiger partial charge in [-0.1, -0.05) is 30.3 Å². The first kappa shape index (κ1) is 23.2. The van der Waals surface area contributed by atoms with Gasteiger partial charge in [-0.2, -0.15) is 4.31 Å². The van der Waals surface area contributed by atoms with Crippen LogP contribution in [-0.4, -0.2) is 64.1 Å². The summed E-state index contributed by atoms with van der Waals surface area (Å²) in [6.45, 7) is 3.02. The Balaban J connectivity index is 1.28. The van der Waals surface area contributed by atoms with Gasteiger partial charge in [0.2, 0.25) is 15.9 Å². The fraction of sp³-hybridized carbons (Fsp3) is 0.391. The van der Waals surface area contributed by atoms with Crippen molar-refractivity contribution in [1.29, 1.82) is 0 Å². The van der Waals surface area contributed by atoms with Crippen LogP contribution in [0.5, 0.6) is 0 Å². The third-order valence-corrected chi connectivity index (χ3v) is 7.70. The van der Waals surface area contributed by atoms with Gasteiger partial charge < -0.3 is 15.0 Å². The Morgan fingerprint density at radius 3 is 2.52 bits per heavy atom. The number of carbonyl (C=O) groups is 2. The number of sulfonamides is 1. The van der Waals surface area contributed by atoms with Crippen LogP contribution in [0.2, 0.25) is 0 Å². The van der Waals surface area contributed by atoms with Crippen LogP contribution in [0.4, 0.5) is 10.5 Å². The van der Waals surface area contributed by atoms with E-state index in [1.54, 1.807) is 18.2 Å². The van der Waals surface area contributed by atoms with Gasteiger partial charge in [0.25, 0.3) is 0 Å². The maximum atomic E-state index is 12.9. The van der Waals surface area contributed by atoms with Gasteiger partial charge in [-0.05, 0) is 35.7 Å². The molecule has 2 aromatic carbocycles. The molecule has 2 N–H and O–H groups in total. The van der Waals surface area contributed by atoms with Crippen LogP contribution in [0.25, 0.3) is 0 Å². The Morgan fingerprint density at radius 2 is 1.76 bits per heavy atom. The van der Waals surface area contributed by atoms with Crippen LogP contribution in [0.1, 0.15) is 17.5 Å². The van der Waals surface area contributed by atoms with Crippen LogP contribution in [0, 0.1) is 0 Å². The Labute approximate surface area is 193 Å². The fourth-order valence-electron chi connectivity index (χ4n) is 4.02. The number of nitrogens with one attached hydrogen (secondary N) is 2. The predicted octanol–water partition coefficient (Wildman–Crippen LogP) is 1.49. The Hall–Kier alpha value is -2.95. The molecule has 2 heterocycles. The number of benzene rings is 2. The third-order valence-electron chi connectivity index (χ3n) is 5.81. The number of ether oxygens (including phenoxy) is 1. The van der Waals surface area contributed by atoms with Crippen molar-refractivity contribution in [3.8, 4) is 0 Å². The van der Waals surface area contributed by atoms with Gasteiger partial charge in [0.05, 0.1) is 18.1 Å². The molecule has 33 heavy (non-hydrogen) atoms. The molecule has 0 spiro atoms. The van der Waals surface area contributed by atoms with E-state index in [-0.39, 0.29) is 17.2 Å². The van der Waals surface area contributed by atoms with Crippen molar-refractivity contribution in [2.75, 3.05) is 44.3 Å². The van der Waals surface area contributed by atoms with Gasteiger partial charge >= 0.3 is 6.03 Å². The summed E-state index contributed by atoms with van der Waals surface area (Å²) < 4.78 is 32.5. The number of hydrogen-bond acceptors (Lipinski definition) is 6. The number of anilines is 1. The van der Waals surface area contributed by atoms with Crippen molar-refractivity contribution in [3.05, 3.63) is 59.7 Å². The standard InChI is InChI=1S/C23H28N4O5S/c28-22(25-23(29)24-17-18-4-2-1-3-5-18)9-11-26-10-8-19-16-20(6-7-21(19)26)33(30,31)27-12-14-32-15-13-27/h1-7,16H,8-15,17H2,(H2,24,25,28,29). The molecule has 1 saturated heterocycles. The summed E-state index contributed by atoms with van der Waals surface area (Å²) >= 11 is 0. The molecule has 0 unspecified atom stereocenters. The van der Waals surface area contributed by atoms with Gasteiger partial charge in [-0.3, -0.25) is 10.1 Å². The van der Waals surface area contributed by atoms with Crippen LogP contribution >= 0.6 is 0 Å². The van der Waals surface area contributed by atoms with Crippen molar-refractivity contribution < 1.29 is 22.7 Å². The highest BCUT2D eigenvalue weighted by molar-refractivity contribution is 7.89. The molecule has 3 amide bonds. The topological polar surface area (TPSA) is 108 Å². The number of imide groups is 1. The highest BCUT2D eigenvalue weighted by Crippen LogP contribution is 2.31. The first-order valence-electron chi connectivity index (χ1n) is 11.0. The molecule has 2 aromatic rings. The molecule has 176 valence electrons. The normalized spacial score (nSPS) is 16.3. The summed E-state index contributed by atoms with van der Waals surface area (Å²) in [7, 11) is -3.54. The number of morpholine rings is 1. The molecule has 0 atom stereocenters. The van der Waals surface area contributed by atoms with Gasteiger partial charge in [-0.25, -0.2) is 13.2 Å². The molecule has 0 aliphatic carbocycles. The van der Waals surface area contributed by atoms with E-state index in [9.17, 15) is 18.0 Å². The van der Waals surface area contributed by atoms with Crippen molar-refractivity contribution in [2.24, 2.45) is 0 Å². The summed E-state index contributed by atoms with van der Waals surface area (Å²) in [5.74, 6) is -0.361. The minimum atomic E-state index is -3.54. The zero-order valence-corrected chi connectivity index (χ0v) is 19.1. The van der Waals surface area contributed by atoms with E-state index in [0.717, 1.165) is 16.8 Å². The average molecular weight is 473 g/mol. The minimum absolute atomic E-state index is 0.159. The summed E-state index contributed by atoms with van der Waals surface area (Å²) in [4.78, 5) is 26.5. The number of urea groups is 1. The van der Waals surface area contributed by atoms with Crippen molar-refractivity contribution in [1.82, 2.24) is 14.9 Å². The summed E-state index contributed by atoms with van der Waals surface area (Å²) in [5.41, 5.74) is 2.83. The molecule has 1 fully saturated rings. The van der Waals surface area contributed by atoms with E-state index in [4.69, 9.17) is 4.74 Å². The van der Waals surface area contributed by atoms with E-state index in [1.807, 2.05) is 35.2 Å². The molecule has 10 heteroatoms. The van der Waals surface area contributed by atoms with Crippen molar-refractivity contribution in [2.45, 2.75) is 24.3 Å². The molecule has 0 aromatic heterocycles. The maximum absolute atomic E-state index is 12.9. The van der Waals surface area contributed by atoms with Crippen molar-refractivity contribution >= 4 is 27.6 Å². The van der Waals surface area contributed by atoms with E-state index >= 15 is 0 Å². The SMILES string of the molecule is O=C(CCN1CCc2cc(S(=O)(=O)N3CCOCC3)ccc21)NC(=O)NCc1ccccc1. The fourth-order valence-corrected chi connectivity index (χ4v) is 5.48. The molecule has 2 aliphatic heterocycles. The smallest absolute Gasteiger partial charge is 0.321 e. The second-order valence-electron chi connectivity index (χ2n) is 8.01. The predicted molar refractivity (Wildman–Crippen MR) is 123 cm³/mol. The summed E-state index contributed by atoms with van der Waals surface area (Å²) in [6, 6.07) is 14.1. The molecule has 4 rings (SSSR count). The zero-order valence-electron chi connectivity index (χ0n) is 18.3. The molecule has 9 nitrogen and oxygen atoms in total. The average Bonchev–Trinajstić information content (AvgIpc) is 3.25. The lowest BCUT2D eigenvalue weighted by atomic mass is 10.2.